The summed E-state index contributed by atoms with van der Waals surface area (Å²) in [5.41, 5.74) is 0.786. The number of benzene rings is 1. The lowest BCUT2D eigenvalue weighted by Crippen LogP contribution is -2.34. The minimum atomic E-state index is 0.207. The molecule has 0 bridgehead atoms. The van der Waals surface area contributed by atoms with Crippen molar-refractivity contribution in [1.29, 1.82) is 0 Å². The van der Waals surface area contributed by atoms with E-state index in [0.717, 1.165) is 28.8 Å². The molecule has 1 aromatic rings. The van der Waals surface area contributed by atoms with Crippen molar-refractivity contribution in [3.63, 3.8) is 0 Å². The Morgan fingerprint density at radius 2 is 2.11 bits per heavy atom. The molecule has 0 fully saturated rings. The van der Waals surface area contributed by atoms with E-state index in [1.54, 1.807) is 0 Å². The van der Waals surface area contributed by atoms with Crippen LogP contribution in [0, 0.1) is 0 Å². The molecule has 0 aliphatic rings. The molecule has 0 saturated heterocycles. The fourth-order valence-corrected chi connectivity index (χ4v) is 3.41. The van der Waals surface area contributed by atoms with Gasteiger partial charge in [-0.2, -0.15) is 11.8 Å². The van der Waals surface area contributed by atoms with E-state index < -0.39 is 0 Å². The highest BCUT2D eigenvalue weighted by Crippen LogP contribution is 2.18. The van der Waals surface area contributed by atoms with E-state index in [4.69, 9.17) is 0 Å². The molecule has 4 heteroatoms. The second-order valence-corrected chi connectivity index (χ2v) is 6.42. The van der Waals surface area contributed by atoms with Gasteiger partial charge in [-0.25, -0.2) is 0 Å². The lowest BCUT2D eigenvalue weighted by Gasteiger charge is -2.26. The average Bonchev–Trinajstić information content (AvgIpc) is 2.42. The molecule has 0 aliphatic carbocycles. The molecule has 0 amide bonds. The Labute approximate surface area is 129 Å². The molecule has 0 N–H and O–H groups in total. The normalized spacial score (nSPS) is 12.7. The first-order valence-corrected chi connectivity index (χ1v) is 8.75. The maximum absolute atomic E-state index is 12.2. The van der Waals surface area contributed by atoms with Gasteiger partial charge in [-0.3, -0.25) is 4.79 Å². The van der Waals surface area contributed by atoms with Gasteiger partial charge in [0.15, 0.2) is 5.78 Å². The summed E-state index contributed by atoms with van der Waals surface area (Å²) in [6, 6.07) is 8.19. The molecule has 0 saturated carbocycles. The molecule has 1 unspecified atom stereocenters. The first-order valence-electron chi connectivity index (χ1n) is 6.57. The third-order valence-corrected chi connectivity index (χ3v) is 4.73. The lowest BCUT2D eigenvalue weighted by molar-refractivity contribution is 0.0961. The Morgan fingerprint density at radius 3 is 2.68 bits per heavy atom. The summed E-state index contributed by atoms with van der Waals surface area (Å²) in [5, 5.41) is 0. The number of hydrogen-bond donors (Lipinski definition) is 0. The fourth-order valence-electron chi connectivity index (χ4n) is 2.03. The van der Waals surface area contributed by atoms with Crippen LogP contribution in [-0.2, 0) is 0 Å². The highest BCUT2D eigenvalue weighted by molar-refractivity contribution is 9.10. The van der Waals surface area contributed by atoms with E-state index in [-0.39, 0.29) is 5.78 Å². The zero-order valence-corrected chi connectivity index (χ0v) is 14.3. The molecule has 0 radical (unpaired) electrons. The number of nitrogens with zero attached hydrogens (tertiary/aromatic N) is 1. The largest absolute Gasteiger partial charge is 0.302 e. The zero-order valence-electron chi connectivity index (χ0n) is 11.9. The number of ketones is 1. The minimum absolute atomic E-state index is 0.207. The maximum Gasteiger partial charge on any atom is 0.165 e. The molecule has 106 valence electrons. The molecule has 1 rings (SSSR count). The van der Waals surface area contributed by atoms with Crippen LogP contribution in [0.4, 0.5) is 0 Å². The van der Waals surface area contributed by atoms with E-state index in [0.29, 0.717) is 12.5 Å². The van der Waals surface area contributed by atoms with Gasteiger partial charge < -0.3 is 4.90 Å². The second kappa shape index (κ2) is 8.77. The van der Waals surface area contributed by atoms with Crippen molar-refractivity contribution in [2.24, 2.45) is 0 Å². The van der Waals surface area contributed by atoms with Crippen LogP contribution in [-0.4, -0.2) is 42.3 Å². The fraction of sp³-hybridized carbons (Fsp3) is 0.533. The van der Waals surface area contributed by atoms with Crippen LogP contribution in [0.1, 0.15) is 30.1 Å². The number of halogens is 1. The van der Waals surface area contributed by atoms with Gasteiger partial charge >= 0.3 is 0 Å². The van der Waals surface area contributed by atoms with E-state index in [1.807, 2.05) is 36.0 Å². The van der Waals surface area contributed by atoms with Gasteiger partial charge in [0.1, 0.15) is 0 Å². The van der Waals surface area contributed by atoms with Crippen molar-refractivity contribution in [1.82, 2.24) is 4.90 Å². The van der Waals surface area contributed by atoms with Crippen LogP contribution in [0.2, 0.25) is 0 Å². The SMILES string of the molecule is CCC(CSC)N(C)CCC(=O)c1ccccc1Br. The third kappa shape index (κ3) is 5.28. The van der Waals surface area contributed by atoms with Crippen LogP contribution in [0.5, 0.6) is 0 Å². The monoisotopic (exact) mass is 343 g/mol. The number of hydrogen-bond acceptors (Lipinski definition) is 3. The Morgan fingerprint density at radius 1 is 1.42 bits per heavy atom. The van der Waals surface area contributed by atoms with E-state index in [2.05, 4.69) is 41.1 Å². The summed E-state index contributed by atoms with van der Waals surface area (Å²) in [7, 11) is 2.11. The van der Waals surface area contributed by atoms with Gasteiger partial charge in [0.05, 0.1) is 0 Å². The summed E-state index contributed by atoms with van der Waals surface area (Å²) in [6.45, 7) is 3.02. The molecule has 19 heavy (non-hydrogen) atoms. The highest BCUT2D eigenvalue weighted by Gasteiger charge is 2.15. The lowest BCUT2D eigenvalue weighted by atomic mass is 10.1. The zero-order chi connectivity index (χ0) is 14.3. The molecule has 1 aromatic carbocycles. The summed E-state index contributed by atoms with van der Waals surface area (Å²) < 4.78 is 0.888. The van der Waals surface area contributed by atoms with Gasteiger partial charge in [0.25, 0.3) is 0 Å². The van der Waals surface area contributed by atoms with Gasteiger partial charge in [0, 0.05) is 34.8 Å². The van der Waals surface area contributed by atoms with Gasteiger partial charge in [-0.15, -0.1) is 0 Å². The number of rotatable bonds is 8. The van der Waals surface area contributed by atoms with Crippen molar-refractivity contribution < 1.29 is 4.79 Å². The van der Waals surface area contributed by atoms with Crippen LogP contribution in [0.3, 0.4) is 0 Å². The number of carbonyl (C=O) groups is 1. The van der Waals surface area contributed by atoms with E-state index in [9.17, 15) is 4.79 Å². The number of Topliss-reactive ketones (excluding diaryl/α,β-unsaturated/α-hetero) is 1. The smallest absolute Gasteiger partial charge is 0.165 e. The molecular weight excluding hydrogens is 322 g/mol. The van der Waals surface area contributed by atoms with Crippen molar-refractivity contribution in [2.45, 2.75) is 25.8 Å². The average molecular weight is 344 g/mol. The van der Waals surface area contributed by atoms with E-state index >= 15 is 0 Å². The topological polar surface area (TPSA) is 20.3 Å². The summed E-state index contributed by atoms with van der Waals surface area (Å²) in [4.78, 5) is 14.5. The van der Waals surface area contributed by atoms with Crippen LogP contribution in [0.15, 0.2) is 28.7 Å². The molecule has 1 atom stereocenters. The highest BCUT2D eigenvalue weighted by atomic mass is 79.9. The van der Waals surface area contributed by atoms with Gasteiger partial charge in [0.2, 0.25) is 0 Å². The summed E-state index contributed by atoms with van der Waals surface area (Å²) in [6.07, 6.45) is 3.83. The van der Waals surface area contributed by atoms with Gasteiger partial charge in [-0.1, -0.05) is 41.1 Å². The summed E-state index contributed by atoms with van der Waals surface area (Å²) >= 11 is 5.30. The maximum atomic E-state index is 12.2. The molecular formula is C15H22BrNOS. The predicted octanol–water partition coefficient (Wildman–Crippen LogP) is 4.10. The van der Waals surface area contributed by atoms with Gasteiger partial charge in [-0.05, 0) is 25.8 Å². The third-order valence-electron chi connectivity index (χ3n) is 3.32. The van der Waals surface area contributed by atoms with Crippen molar-refractivity contribution in [3.8, 4) is 0 Å². The summed E-state index contributed by atoms with van der Waals surface area (Å²) in [5.74, 6) is 1.33. The van der Waals surface area contributed by atoms with Crippen LogP contribution in [0.25, 0.3) is 0 Å². The second-order valence-electron chi connectivity index (χ2n) is 4.65. The first-order chi connectivity index (χ1) is 9.10. The Bertz CT molecular complexity index is 411. The van der Waals surface area contributed by atoms with Crippen molar-refractivity contribution in [3.05, 3.63) is 34.3 Å². The standard InChI is InChI=1S/C15H22BrNOS/c1-4-12(11-19-3)17(2)10-9-15(18)13-7-5-6-8-14(13)16/h5-8,12H,4,9-11H2,1-3H3. The Kier molecular flexibility index (Phi) is 7.73. The van der Waals surface area contributed by atoms with Crippen LogP contribution < -0.4 is 0 Å². The Hall–Kier alpha value is -0.320. The minimum Gasteiger partial charge on any atom is -0.302 e. The predicted molar refractivity (Wildman–Crippen MR) is 88.2 cm³/mol. The van der Waals surface area contributed by atoms with Crippen molar-refractivity contribution >= 4 is 33.5 Å². The molecule has 0 spiro atoms. The van der Waals surface area contributed by atoms with Crippen LogP contribution >= 0.6 is 27.7 Å². The Balaban J connectivity index is 2.52. The van der Waals surface area contributed by atoms with Crippen molar-refractivity contribution in [2.75, 3.05) is 25.6 Å². The molecule has 2 nitrogen and oxygen atoms in total. The molecule has 0 heterocycles. The quantitative estimate of drug-likeness (QED) is 0.663. The molecule has 0 aromatic heterocycles. The van der Waals surface area contributed by atoms with E-state index in [1.165, 1.54) is 0 Å². The number of thioether (sulfide) groups is 1. The first kappa shape index (κ1) is 16.7. The molecule has 0 aliphatic heterocycles. The number of carbonyl (C=O) groups excluding carboxylic acids is 1.